The molecule has 184 valence electrons. The molecule has 0 spiro atoms. The lowest BCUT2D eigenvalue weighted by Gasteiger charge is -2.18. The quantitative estimate of drug-likeness (QED) is 0.140. The summed E-state index contributed by atoms with van der Waals surface area (Å²) in [6, 6.07) is 6.97. The predicted molar refractivity (Wildman–Crippen MR) is 134 cm³/mol. The highest BCUT2D eigenvalue weighted by atomic mass is 32.7. The number of benzene rings is 2. The summed E-state index contributed by atoms with van der Waals surface area (Å²) >= 11 is 17.5. The first-order valence-electron chi connectivity index (χ1n) is 7.76. The molecule has 2 rings (SSSR count). The molecule has 0 saturated heterocycles. The topological polar surface area (TPSA) is 196 Å². The molecule has 0 bridgehead atoms. The molecule has 2 aromatic rings. The second-order valence-corrected chi connectivity index (χ2v) is 17.2. The molecule has 21 heteroatoms. The summed E-state index contributed by atoms with van der Waals surface area (Å²) in [5.74, 6) is -0.734. The van der Waals surface area contributed by atoms with Gasteiger partial charge in [0.2, 0.25) is 0 Å². The van der Waals surface area contributed by atoms with E-state index in [0.29, 0.717) is 11.8 Å². The van der Waals surface area contributed by atoms with Crippen molar-refractivity contribution in [1.29, 1.82) is 0 Å². The predicted octanol–water partition coefficient (Wildman–Crippen LogP) is 3.01. The average molecular weight is 634 g/mol. The van der Waals surface area contributed by atoms with Gasteiger partial charge in [-0.05, 0) is 48.6 Å². The minimum atomic E-state index is -4.35. The van der Waals surface area contributed by atoms with Gasteiger partial charge in [-0.1, -0.05) is 11.8 Å². The molecule has 0 aliphatic carbocycles. The summed E-state index contributed by atoms with van der Waals surface area (Å²) in [6.45, 7) is -16.8. The Morgan fingerprint density at radius 3 is 1.36 bits per heavy atom. The normalized spacial score (nSPS) is 14.3. The second-order valence-electron chi connectivity index (χ2n) is 5.65. The number of hydrogen-bond donors (Lipinski definition) is 8. The van der Waals surface area contributed by atoms with Gasteiger partial charge >= 0.3 is 27.0 Å². The van der Waals surface area contributed by atoms with Crippen molar-refractivity contribution in [3.05, 3.63) is 36.4 Å². The zero-order valence-electron chi connectivity index (χ0n) is 15.5. The molecule has 0 saturated carbocycles. The van der Waals surface area contributed by atoms with Gasteiger partial charge in [0.1, 0.15) is 23.0 Å². The van der Waals surface area contributed by atoms with Crippen LogP contribution in [-0.4, -0.2) is 34.3 Å². The van der Waals surface area contributed by atoms with Gasteiger partial charge in [0.05, 0.1) is 9.79 Å². The maximum atomic E-state index is 11.7. The number of hydrogen-bond acceptors (Lipinski definition) is 9. The SMILES string of the molecule is O=P(O)(S)Oc1ccc(OP(O)(O)=S)cc1Sc1cc(OP(O)(O)=S)ccc1OP(O)(O)=S. The summed E-state index contributed by atoms with van der Waals surface area (Å²) in [4.78, 5) is 66.1. The van der Waals surface area contributed by atoms with E-state index in [-0.39, 0.29) is 32.8 Å². The van der Waals surface area contributed by atoms with Gasteiger partial charge in [-0.15, -0.1) is 0 Å². The standard InChI is InChI=1S/C12H14O12P4S5/c13-25(14,29)21-7-1-3-9(23-27(17,18)31)11(5-7)33-12-6-8(22-26(15,16)30)2-4-10(12)24-28(19,20)32/h1-6H,(H2,13,14,29)(H2,15,16,30)(H2,17,18,31)(H2,19,20,32). The molecule has 0 aromatic heterocycles. The van der Waals surface area contributed by atoms with Crippen LogP contribution in [0.1, 0.15) is 0 Å². The van der Waals surface area contributed by atoms with E-state index >= 15 is 0 Å². The molecule has 2 aromatic carbocycles. The Hall–Kier alpha value is 0.240. The van der Waals surface area contributed by atoms with E-state index in [4.69, 9.17) is 18.1 Å². The Morgan fingerprint density at radius 2 is 1.03 bits per heavy atom. The van der Waals surface area contributed by atoms with Gasteiger partial charge in [-0.25, -0.2) is 4.57 Å². The molecule has 1 unspecified atom stereocenters. The third-order valence-electron chi connectivity index (χ3n) is 2.93. The van der Waals surface area contributed by atoms with Crippen molar-refractivity contribution in [3.63, 3.8) is 0 Å². The molecule has 33 heavy (non-hydrogen) atoms. The molecule has 0 aliphatic heterocycles. The highest BCUT2D eigenvalue weighted by molar-refractivity contribution is 8.44. The van der Waals surface area contributed by atoms with Gasteiger partial charge in [0.25, 0.3) is 0 Å². The lowest BCUT2D eigenvalue weighted by molar-refractivity contribution is 0.361. The van der Waals surface area contributed by atoms with Crippen LogP contribution in [-0.2, 0) is 40.0 Å². The van der Waals surface area contributed by atoms with Crippen molar-refractivity contribution in [3.8, 4) is 23.0 Å². The van der Waals surface area contributed by atoms with Crippen molar-refractivity contribution in [2.45, 2.75) is 9.79 Å². The van der Waals surface area contributed by atoms with Crippen molar-refractivity contribution in [2.24, 2.45) is 0 Å². The van der Waals surface area contributed by atoms with Crippen LogP contribution in [0.4, 0.5) is 0 Å². The Bertz CT molecular complexity index is 1120. The highest BCUT2D eigenvalue weighted by Gasteiger charge is 2.22. The van der Waals surface area contributed by atoms with Crippen molar-refractivity contribution < 1.29 is 56.9 Å². The molecular weight excluding hydrogens is 620 g/mol. The summed E-state index contributed by atoms with van der Waals surface area (Å²) < 4.78 is 31.3. The lowest BCUT2D eigenvalue weighted by Crippen LogP contribution is -1.96. The number of thiol groups is 1. The van der Waals surface area contributed by atoms with Gasteiger partial charge in [-0.3, -0.25) is 0 Å². The van der Waals surface area contributed by atoms with E-state index in [1.807, 2.05) is 0 Å². The van der Waals surface area contributed by atoms with Crippen LogP contribution >= 0.6 is 51.0 Å². The van der Waals surface area contributed by atoms with E-state index in [2.05, 4.69) is 47.7 Å². The van der Waals surface area contributed by atoms with Gasteiger partial charge in [0.15, 0.2) is 0 Å². The molecule has 12 nitrogen and oxygen atoms in total. The molecule has 0 radical (unpaired) electrons. The first-order chi connectivity index (χ1) is 14.8. The van der Waals surface area contributed by atoms with Crippen LogP contribution < -0.4 is 18.1 Å². The second kappa shape index (κ2) is 11.1. The summed E-state index contributed by atoms with van der Waals surface area (Å²) in [5.41, 5.74) is 0. The monoisotopic (exact) mass is 634 g/mol. The Labute approximate surface area is 211 Å². The van der Waals surface area contributed by atoms with Gasteiger partial charge in [0, 0.05) is 35.4 Å². The van der Waals surface area contributed by atoms with Gasteiger partial charge < -0.3 is 52.3 Å². The third-order valence-corrected chi connectivity index (χ3v) is 6.69. The molecule has 0 amide bonds. The maximum Gasteiger partial charge on any atom is 0.434 e. The highest BCUT2D eigenvalue weighted by Crippen LogP contribution is 2.53. The van der Waals surface area contributed by atoms with Crippen molar-refractivity contribution >= 4 is 86.4 Å². The first kappa shape index (κ1) is 29.5. The summed E-state index contributed by atoms with van der Waals surface area (Å²) in [7, 11) is 0. The largest absolute Gasteiger partial charge is 0.434 e. The molecule has 0 heterocycles. The van der Waals surface area contributed by atoms with Crippen molar-refractivity contribution in [1.82, 2.24) is 0 Å². The van der Waals surface area contributed by atoms with E-state index < -0.39 is 27.0 Å². The van der Waals surface area contributed by atoms with E-state index in [1.54, 1.807) is 0 Å². The van der Waals surface area contributed by atoms with Crippen LogP contribution in [0.25, 0.3) is 0 Å². The fraction of sp³-hybridized carbons (Fsp3) is 0. The molecule has 1 atom stereocenters. The summed E-state index contributed by atoms with van der Waals surface area (Å²) in [6.07, 6.45) is 0. The zero-order chi connectivity index (χ0) is 25.2. The average Bonchev–Trinajstić information content (AvgIpc) is 2.54. The molecule has 0 aliphatic rings. The van der Waals surface area contributed by atoms with E-state index in [9.17, 15) is 38.8 Å². The van der Waals surface area contributed by atoms with Crippen molar-refractivity contribution in [2.75, 3.05) is 0 Å². The lowest BCUT2D eigenvalue weighted by atomic mass is 10.3. The zero-order valence-corrected chi connectivity index (χ0v) is 23.2. The van der Waals surface area contributed by atoms with E-state index in [1.165, 1.54) is 12.1 Å². The smallest absolute Gasteiger partial charge is 0.424 e. The van der Waals surface area contributed by atoms with Crippen LogP contribution in [0.3, 0.4) is 0 Å². The first-order valence-corrected chi connectivity index (χ1v) is 19.2. The van der Waals surface area contributed by atoms with Gasteiger partial charge in [-0.2, -0.15) is 0 Å². The number of rotatable bonds is 10. The Morgan fingerprint density at radius 1 is 0.667 bits per heavy atom. The summed E-state index contributed by atoms with van der Waals surface area (Å²) in [5, 5.41) is 0. The Balaban J connectivity index is 2.60. The minimum absolute atomic E-state index is 0.00196. The maximum absolute atomic E-state index is 11.7. The van der Waals surface area contributed by atoms with E-state index in [0.717, 1.165) is 24.3 Å². The van der Waals surface area contributed by atoms with Crippen LogP contribution in [0.2, 0.25) is 0 Å². The molecular formula is C12H14O12P4S5. The van der Waals surface area contributed by atoms with Crippen LogP contribution in [0.15, 0.2) is 46.2 Å². The molecule has 0 fully saturated rings. The third kappa shape index (κ3) is 11.7. The Kier molecular flexibility index (Phi) is 9.91. The van der Waals surface area contributed by atoms with Crippen LogP contribution in [0, 0.1) is 0 Å². The fourth-order valence-electron chi connectivity index (χ4n) is 2.05. The van der Waals surface area contributed by atoms with Crippen LogP contribution in [0.5, 0.6) is 23.0 Å². The fourth-order valence-corrected chi connectivity index (χ4v) is 5.81. The molecule has 7 N–H and O–H groups in total. The minimum Gasteiger partial charge on any atom is -0.424 e.